The minimum absolute atomic E-state index is 0.0434. The van der Waals surface area contributed by atoms with Crippen LogP contribution in [0.5, 0.6) is 0 Å². The smallest absolute Gasteiger partial charge is 0.341 e. The number of fused-ring (bicyclic) bond motifs is 1. The molecule has 29 heavy (non-hydrogen) atoms. The number of para-hydroxylation sites is 1. The molecule has 1 aliphatic rings. The highest BCUT2D eigenvalue weighted by molar-refractivity contribution is 6.34. The van der Waals surface area contributed by atoms with Gasteiger partial charge in [0.1, 0.15) is 0 Å². The van der Waals surface area contributed by atoms with Crippen molar-refractivity contribution in [3.8, 4) is 0 Å². The molecule has 0 saturated heterocycles. The summed E-state index contributed by atoms with van der Waals surface area (Å²) >= 11 is 12.4. The first-order valence-corrected chi connectivity index (χ1v) is 9.03. The molecule has 1 atom stereocenters. The van der Waals surface area contributed by atoms with E-state index in [1.54, 1.807) is 12.1 Å². The van der Waals surface area contributed by atoms with Crippen molar-refractivity contribution in [2.75, 3.05) is 5.32 Å². The molecule has 0 fully saturated rings. The van der Waals surface area contributed by atoms with Crippen LogP contribution in [-0.2, 0) is 19.9 Å². The molecule has 2 aromatic rings. The van der Waals surface area contributed by atoms with Gasteiger partial charge in [-0.2, -0.15) is 0 Å². The van der Waals surface area contributed by atoms with Gasteiger partial charge in [0.25, 0.3) is 0 Å². The Morgan fingerprint density at radius 2 is 1.83 bits per heavy atom. The van der Waals surface area contributed by atoms with Crippen molar-refractivity contribution in [3.05, 3.63) is 74.7 Å². The lowest BCUT2D eigenvalue weighted by Gasteiger charge is -2.27. The molecule has 3 rings (SSSR count). The van der Waals surface area contributed by atoms with Gasteiger partial charge >= 0.3 is 11.9 Å². The van der Waals surface area contributed by atoms with Crippen molar-refractivity contribution in [1.82, 2.24) is 0 Å². The molecule has 0 radical (unpaired) electrons. The second kappa shape index (κ2) is 7.69. The number of nitrogens with zero attached hydrogens (tertiary/aromatic N) is 1. The third kappa shape index (κ3) is 3.62. The van der Waals surface area contributed by atoms with Crippen molar-refractivity contribution in [3.63, 3.8) is 0 Å². The molecule has 1 amide bonds. The van der Waals surface area contributed by atoms with E-state index in [0.717, 1.165) is 12.2 Å². The molecule has 2 aromatic carbocycles. The molecule has 0 bridgehead atoms. The highest BCUT2D eigenvalue weighted by Crippen LogP contribution is 2.41. The van der Waals surface area contributed by atoms with Gasteiger partial charge in [0, 0.05) is 40.1 Å². The number of amides is 1. The average molecular weight is 433 g/mol. The van der Waals surface area contributed by atoms with Crippen LogP contribution < -0.4 is 15.9 Å². The van der Waals surface area contributed by atoms with Gasteiger partial charge in [-0.15, -0.1) is 0 Å². The fourth-order valence-corrected chi connectivity index (χ4v) is 3.86. The monoisotopic (exact) mass is 432 g/mol. The van der Waals surface area contributed by atoms with Crippen molar-refractivity contribution < 1.29 is 24.6 Å². The first kappa shape index (κ1) is 20.6. The number of carboxylic acid groups (broad SMARTS) is 2. The van der Waals surface area contributed by atoms with Gasteiger partial charge in [-0.1, -0.05) is 41.4 Å². The Labute approximate surface area is 174 Å². The van der Waals surface area contributed by atoms with Gasteiger partial charge in [0.15, 0.2) is 0 Å². The first-order valence-electron chi connectivity index (χ1n) is 8.28. The van der Waals surface area contributed by atoms with Gasteiger partial charge < -0.3 is 15.5 Å². The lowest BCUT2D eigenvalue weighted by atomic mass is 9.82. The zero-order valence-corrected chi connectivity index (χ0v) is 16.5. The molecule has 1 aliphatic heterocycles. The number of rotatable bonds is 5. The van der Waals surface area contributed by atoms with Crippen LogP contribution in [0.4, 0.5) is 5.69 Å². The van der Waals surface area contributed by atoms with E-state index in [4.69, 9.17) is 28.3 Å². The molecule has 7 nitrogen and oxygen atoms in total. The van der Waals surface area contributed by atoms with E-state index in [2.05, 4.69) is 10.3 Å². The SMILES string of the molecule is CC(=O)Nc1ccccc1C1(C(=O)O)N=c2cc(Cl)cc(Cl)c2=C1/C=C\C(=O)O. The molecular weight excluding hydrogens is 419 g/mol. The molecule has 3 N–H and O–H groups in total. The second-order valence-corrected chi connectivity index (χ2v) is 7.06. The zero-order chi connectivity index (χ0) is 21.3. The van der Waals surface area contributed by atoms with Crippen LogP contribution in [0, 0.1) is 0 Å². The van der Waals surface area contributed by atoms with Crippen molar-refractivity contribution in [1.29, 1.82) is 0 Å². The van der Waals surface area contributed by atoms with E-state index in [0.29, 0.717) is 0 Å². The highest BCUT2D eigenvalue weighted by atomic mass is 35.5. The van der Waals surface area contributed by atoms with Gasteiger partial charge in [0.2, 0.25) is 11.4 Å². The van der Waals surface area contributed by atoms with Crippen molar-refractivity contribution in [2.24, 2.45) is 4.99 Å². The quantitative estimate of drug-likeness (QED) is 0.627. The maximum Gasteiger partial charge on any atom is 0.341 e. The van der Waals surface area contributed by atoms with Gasteiger partial charge in [0.05, 0.1) is 10.4 Å². The fraction of sp³-hybridized carbons (Fsp3) is 0.100. The third-order valence-corrected chi connectivity index (χ3v) is 4.83. The number of carboxylic acids is 2. The minimum atomic E-state index is -2.04. The number of anilines is 1. The van der Waals surface area contributed by atoms with Gasteiger partial charge in [-0.05, 0) is 24.3 Å². The molecule has 1 unspecified atom stereocenters. The van der Waals surface area contributed by atoms with Crippen LogP contribution in [0.25, 0.3) is 5.57 Å². The topological polar surface area (TPSA) is 116 Å². The van der Waals surface area contributed by atoms with Crippen LogP contribution >= 0.6 is 23.2 Å². The molecule has 0 aromatic heterocycles. The third-order valence-electron chi connectivity index (χ3n) is 4.31. The summed E-state index contributed by atoms with van der Waals surface area (Å²) in [5.41, 5.74) is -1.62. The molecule has 1 heterocycles. The maximum atomic E-state index is 12.6. The van der Waals surface area contributed by atoms with E-state index >= 15 is 0 Å². The summed E-state index contributed by atoms with van der Waals surface area (Å²) in [6, 6.07) is 9.12. The van der Waals surface area contributed by atoms with Crippen LogP contribution in [0.1, 0.15) is 12.5 Å². The minimum Gasteiger partial charge on any atom is -0.479 e. The van der Waals surface area contributed by atoms with E-state index < -0.39 is 23.4 Å². The fourth-order valence-electron chi connectivity index (χ4n) is 3.28. The number of carbonyl (C=O) groups excluding carboxylic acids is 1. The number of nitrogens with one attached hydrogen (secondary N) is 1. The summed E-state index contributed by atoms with van der Waals surface area (Å²) in [4.78, 5) is 39.8. The lowest BCUT2D eigenvalue weighted by molar-refractivity contribution is -0.141. The summed E-state index contributed by atoms with van der Waals surface area (Å²) in [6.07, 6.45) is 1.96. The van der Waals surface area contributed by atoms with Crippen LogP contribution in [0.3, 0.4) is 0 Å². The summed E-state index contributed by atoms with van der Waals surface area (Å²) in [5.74, 6) is -3.05. The normalized spacial score (nSPS) is 17.7. The molecule has 9 heteroatoms. The van der Waals surface area contributed by atoms with E-state index in [1.165, 1.54) is 31.2 Å². The Morgan fingerprint density at radius 1 is 1.14 bits per heavy atom. The van der Waals surface area contributed by atoms with Crippen LogP contribution in [0.15, 0.2) is 53.5 Å². The van der Waals surface area contributed by atoms with Gasteiger partial charge in [-0.3, -0.25) is 9.79 Å². The highest BCUT2D eigenvalue weighted by Gasteiger charge is 2.48. The number of hydrogen-bond acceptors (Lipinski definition) is 4. The Morgan fingerprint density at radius 3 is 2.45 bits per heavy atom. The largest absolute Gasteiger partial charge is 0.479 e. The van der Waals surface area contributed by atoms with Gasteiger partial charge in [-0.25, -0.2) is 9.59 Å². The van der Waals surface area contributed by atoms with E-state index in [-0.39, 0.29) is 37.4 Å². The summed E-state index contributed by atoms with van der Waals surface area (Å²) < 4.78 is 0. The number of carbonyl (C=O) groups is 3. The zero-order valence-electron chi connectivity index (χ0n) is 14.9. The summed E-state index contributed by atoms with van der Waals surface area (Å²) in [5, 5.41) is 22.8. The Balaban J connectivity index is 2.48. The van der Waals surface area contributed by atoms with Crippen molar-refractivity contribution >= 4 is 52.3 Å². The Bertz CT molecular complexity index is 1210. The molecule has 0 spiro atoms. The Kier molecular flexibility index (Phi) is 5.46. The molecule has 0 aliphatic carbocycles. The lowest BCUT2D eigenvalue weighted by Crippen LogP contribution is -2.35. The average Bonchev–Trinajstić information content (AvgIpc) is 2.95. The predicted molar refractivity (Wildman–Crippen MR) is 107 cm³/mol. The first-order chi connectivity index (χ1) is 13.7. The maximum absolute atomic E-state index is 12.6. The van der Waals surface area contributed by atoms with Crippen LogP contribution in [-0.4, -0.2) is 28.1 Å². The standard InChI is InChI=1S/C20H14Cl2N2O5/c1-10(25)23-15-5-3-2-4-12(15)20(19(28)29)13(6-7-17(26)27)18-14(22)8-11(21)9-16(18)24-20/h2-9H,1H3,(H,23,25)(H,26,27)(H,28,29)/b7-6-. The van der Waals surface area contributed by atoms with Crippen molar-refractivity contribution in [2.45, 2.75) is 12.5 Å². The van der Waals surface area contributed by atoms with Crippen LogP contribution in [0.2, 0.25) is 10.0 Å². The Hall–Kier alpha value is -3.16. The summed E-state index contributed by atoms with van der Waals surface area (Å²) in [6.45, 7) is 1.29. The molecular formula is C20H14Cl2N2O5. The predicted octanol–water partition coefficient (Wildman–Crippen LogP) is 2.36. The molecule has 0 saturated carbocycles. The number of benzene rings is 2. The molecule has 148 valence electrons. The second-order valence-electron chi connectivity index (χ2n) is 6.22. The van der Waals surface area contributed by atoms with E-state index in [9.17, 15) is 19.5 Å². The summed E-state index contributed by atoms with van der Waals surface area (Å²) in [7, 11) is 0. The number of aliphatic carboxylic acids is 2. The van der Waals surface area contributed by atoms with E-state index in [1.807, 2.05) is 0 Å². The number of halogens is 2. The number of hydrogen-bond donors (Lipinski definition) is 3.